The Morgan fingerprint density at radius 2 is 2.06 bits per heavy atom. The number of nitrogens with zero attached hydrogens (tertiary/aromatic N) is 1. The molecule has 0 saturated heterocycles. The number of hydrogen-bond donors (Lipinski definition) is 2. The van der Waals surface area contributed by atoms with Gasteiger partial charge in [-0.1, -0.05) is 13.8 Å². The number of halogens is 3. The zero-order chi connectivity index (χ0) is 13.6. The number of anilines is 1. The summed E-state index contributed by atoms with van der Waals surface area (Å²) in [7, 11) is 0. The second-order valence-electron chi connectivity index (χ2n) is 5.20. The van der Waals surface area contributed by atoms with E-state index in [1.807, 2.05) is 13.8 Å². The van der Waals surface area contributed by atoms with Crippen molar-refractivity contribution in [2.45, 2.75) is 38.6 Å². The van der Waals surface area contributed by atoms with Crippen LogP contribution in [-0.4, -0.2) is 22.2 Å². The molecule has 18 heavy (non-hydrogen) atoms. The Hall–Kier alpha value is -1.30. The number of rotatable bonds is 2. The minimum absolute atomic E-state index is 0.0473. The van der Waals surface area contributed by atoms with Crippen LogP contribution in [0.15, 0.2) is 18.3 Å². The molecule has 0 bridgehead atoms. The molecule has 2 unspecified atom stereocenters. The third kappa shape index (κ3) is 2.29. The number of aliphatic hydroxyl groups excluding tert-OH is 1. The van der Waals surface area contributed by atoms with Gasteiger partial charge in [0.05, 0.1) is 18.0 Å². The van der Waals surface area contributed by atoms with Crippen LogP contribution in [-0.2, 0) is 6.18 Å². The highest BCUT2D eigenvalue weighted by Gasteiger charge is 2.47. The summed E-state index contributed by atoms with van der Waals surface area (Å²) in [5.41, 5.74) is -0.642. The van der Waals surface area contributed by atoms with Crippen molar-refractivity contribution in [1.29, 1.82) is 0 Å². The van der Waals surface area contributed by atoms with E-state index in [1.54, 1.807) is 0 Å². The monoisotopic (exact) mass is 260 g/mol. The van der Waals surface area contributed by atoms with Gasteiger partial charge in [0.15, 0.2) is 0 Å². The third-order valence-electron chi connectivity index (χ3n) is 3.61. The van der Waals surface area contributed by atoms with E-state index in [0.29, 0.717) is 12.1 Å². The maximum Gasteiger partial charge on any atom is 0.433 e. The molecule has 1 aromatic rings. The summed E-state index contributed by atoms with van der Waals surface area (Å²) in [4.78, 5) is 3.38. The second kappa shape index (κ2) is 4.12. The fraction of sp³-hybridized carbons (Fsp3) is 0.583. The fourth-order valence-electron chi connectivity index (χ4n) is 2.00. The van der Waals surface area contributed by atoms with Gasteiger partial charge in [0.2, 0.25) is 0 Å². The van der Waals surface area contributed by atoms with E-state index < -0.39 is 11.9 Å². The van der Waals surface area contributed by atoms with Gasteiger partial charge in [0.25, 0.3) is 0 Å². The lowest BCUT2D eigenvalue weighted by atomic mass is 9.64. The lowest BCUT2D eigenvalue weighted by Gasteiger charge is -2.49. The number of nitrogens with one attached hydrogen (secondary N) is 1. The SMILES string of the molecule is CC1(C)C(O)CC1Nc1ccc(C(F)(F)F)nc1. The summed E-state index contributed by atoms with van der Waals surface area (Å²) in [6.07, 6.45) is -3.03. The largest absolute Gasteiger partial charge is 0.433 e. The fourth-order valence-corrected chi connectivity index (χ4v) is 2.00. The van der Waals surface area contributed by atoms with Crippen molar-refractivity contribution in [3.8, 4) is 0 Å². The van der Waals surface area contributed by atoms with Crippen LogP contribution in [0.25, 0.3) is 0 Å². The Kier molecular flexibility index (Phi) is 3.01. The summed E-state index contributed by atoms with van der Waals surface area (Å²) >= 11 is 0. The Balaban J connectivity index is 2.04. The van der Waals surface area contributed by atoms with Crippen molar-refractivity contribution in [2.75, 3.05) is 5.32 Å². The zero-order valence-corrected chi connectivity index (χ0v) is 10.1. The molecule has 2 atom stereocenters. The first kappa shape index (κ1) is 13.1. The Morgan fingerprint density at radius 3 is 2.44 bits per heavy atom. The van der Waals surface area contributed by atoms with E-state index >= 15 is 0 Å². The van der Waals surface area contributed by atoms with Crippen LogP contribution >= 0.6 is 0 Å². The van der Waals surface area contributed by atoms with Crippen LogP contribution in [0.4, 0.5) is 18.9 Å². The molecule has 1 fully saturated rings. The molecule has 3 nitrogen and oxygen atoms in total. The smallest absolute Gasteiger partial charge is 0.392 e. The van der Waals surface area contributed by atoms with E-state index in [0.717, 1.165) is 6.07 Å². The molecule has 6 heteroatoms. The van der Waals surface area contributed by atoms with Crippen LogP contribution in [0.3, 0.4) is 0 Å². The lowest BCUT2D eigenvalue weighted by molar-refractivity contribution is -0.141. The predicted octanol–water partition coefficient (Wildman–Crippen LogP) is 2.67. The lowest BCUT2D eigenvalue weighted by Crippen LogP contribution is -2.56. The molecule has 0 amide bonds. The van der Waals surface area contributed by atoms with Crippen LogP contribution in [0.2, 0.25) is 0 Å². The highest BCUT2D eigenvalue weighted by Crippen LogP contribution is 2.42. The summed E-state index contributed by atoms with van der Waals surface area (Å²) < 4.78 is 37.0. The molecule has 1 aromatic heterocycles. The molecule has 0 aromatic carbocycles. The van der Waals surface area contributed by atoms with Gasteiger partial charge in [0.1, 0.15) is 5.69 Å². The molecule has 1 aliphatic rings. The summed E-state index contributed by atoms with van der Waals surface area (Å²) in [6.45, 7) is 3.83. The average Bonchev–Trinajstić information content (AvgIpc) is 2.28. The quantitative estimate of drug-likeness (QED) is 0.859. The normalized spacial score (nSPS) is 26.6. The Bertz CT molecular complexity index is 428. The first-order valence-electron chi connectivity index (χ1n) is 5.69. The number of aliphatic hydroxyl groups is 1. The van der Waals surface area contributed by atoms with Gasteiger partial charge >= 0.3 is 6.18 Å². The summed E-state index contributed by atoms with van der Waals surface area (Å²) in [5.74, 6) is 0. The van der Waals surface area contributed by atoms with Gasteiger partial charge in [-0.05, 0) is 18.6 Å². The van der Waals surface area contributed by atoms with E-state index in [1.165, 1.54) is 12.3 Å². The number of pyridine rings is 1. The zero-order valence-electron chi connectivity index (χ0n) is 10.1. The molecule has 1 aliphatic carbocycles. The van der Waals surface area contributed by atoms with Crippen molar-refractivity contribution in [3.05, 3.63) is 24.0 Å². The minimum atomic E-state index is -4.41. The van der Waals surface area contributed by atoms with Crippen LogP contribution in [0.5, 0.6) is 0 Å². The van der Waals surface area contributed by atoms with E-state index in [-0.39, 0.29) is 17.6 Å². The first-order valence-corrected chi connectivity index (χ1v) is 5.69. The highest BCUT2D eigenvalue weighted by molar-refractivity contribution is 5.43. The molecule has 0 radical (unpaired) electrons. The Morgan fingerprint density at radius 1 is 1.39 bits per heavy atom. The van der Waals surface area contributed by atoms with Gasteiger partial charge in [0, 0.05) is 11.5 Å². The van der Waals surface area contributed by atoms with Gasteiger partial charge < -0.3 is 10.4 Å². The van der Waals surface area contributed by atoms with Crippen molar-refractivity contribution in [2.24, 2.45) is 5.41 Å². The van der Waals surface area contributed by atoms with Gasteiger partial charge in [-0.2, -0.15) is 13.2 Å². The number of alkyl halides is 3. The Labute approximate surface area is 103 Å². The summed E-state index contributed by atoms with van der Waals surface area (Å²) in [5, 5.41) is 12.7. The van der Waals surface area contributed by atoms with Gasteiger partial charge in [-0.3, -0.25) is 0 Å². The molecule has 100 valence electrons. The van der Waals surface area contributed by atoms with Crippen LogP contribution in [0, 0.1) is 5.41 Å². The maximum absolute atomic E-state index is 12.3. The topological polar surface area (TPSA) is 45.1 Å². The summed E-state index contributed by atoms with van der Waals surface area (Å²) in [6, 6.07) is 2.35. The van der Waals surface area contributed by atoms with Crippen LogP contribution in [0.1, 0.15) is 26.0 Å². The number of aromatic nitrogens is 1. The van der Waals surface area contributed by atoms with Gasteiger partial charge in [-0.25, -0.2) is 4.98 Å². The second-order valence-corrected chi connectivity index (χ2v) is 5.20. The van der Waals surface area contributed by atoms with E-state index in [9.17, 15) is 18.3 Å². The molecular weight excluding hydrogens is 245 g/mol. The molecule has 2 rings (SSSR count). The average molecular weight is 260 g/mol. The molecule has 2 N–H and O–H groups in total. The van der Waals surface area contributed by atoms with E-state index in [4.69, 9.17) is 0 Å². The first-order chi connectivity index (χ1) is 8.21. The van der Waals surface area contributed by atoms with Crippen molar-refractivity contribution >= 4 is 5.69 Å². The maximum atomic E-state index is 12.3. The van der Waals surface area contributed by atoms with E-state index in [2.05, 4.69) is 10.3 Å². The van der Waals surface area contributed by atoms with Crippen molar-refractivity contribution in [3.63, 3.8) is 0 Å². The highest BCUT2D eigenvalue weighted by atomic mass is 19.4. The third-order valence-corrected chi connectivity index (χ3v) is 3.61. The molecular formula is C12H15F3N2O. The number of hydrogen-bond acceptors (Lipinski definition) is 3. The predicted molar refractivity (Wildman–Crippen MR) is 61.1 cm³/mol. The molecule has 1 saturated carbocycles. The minimum Gasteiger partial charge on any atom is -0.392 e. The molecule has 0 spiro atoms. The van der Waals surface area contributed by atoms with Crippen molar-refractivity contribution < 1.29 is 18.3 Å². The standard InChI is InChI=1S/C12H15F3N2O/c1-11(2)9(5-10(11)18)17-7-3-4-8(16-6-7)12(13,14)15/h3-4,6,9-10,17-18H,5H2,1-2H3. The molecule has 1 heterocycles. The van der Waals surface area contributed by atoms with Gasteiger partial charge in [-0.15, -0.1) is 0 Å². The van der Waals surface area contributed by atoms with Crippen molar-refractivity contribution in [1.82, 2.24) is 4.98 Å². The molecule has 0 aliphatic heterocycles. The van der Waals surface area contributed by atoms with Crippen LogP contribution < -0.4 is 5.32 Å².